The SMILES string of the molecule is CCN(C(=O)CN[C@@H](C)C(=O)O)c1ccccc1. The van der Waals surface area contributed by atoms with Crippen LogP contribution in [0, 0.1) is 0 Å². The predicted octanol–water partition coefficient (Wildman–Crippen LogP) is 1.10. The molecule has 98 valence electrons. The molecule has 0 unspecified atom stereocenters. The first-order chi connectivity index (χ1) is 8.56. The van der Waals surface area contributed by atoms with Crippen LogP contribution in [-0.4, -0.2) is 36.1 Å². The van der Waals surface area contributed by atoms with Gasteiger partial charge in [-0.3, -0.25) is 14.9 Å². The van der Waals surface area contributed by atoms with Crippen LogP contribution >= 0.6 is 0 Å². The Kier molecular flexibility index (Phi) is 5.32. The molecule has 0 radical (unpaired) electrons. The number of para-hydroxylation sites is 1. The van der Waals surface area contributed by atoms with Crippen LogP contribution < -0.4 is 10.2 Å². The lowest BCUT2D eigenvalue weighted by molar-refractivity contribution is -0.139. The predicted molar refractivity (Wildman–Crippen MR) is 69.6 cm³/mol. The highest BCUT2D eigenvalue weighted by Gasteiger charge is 2.16. The summed E-state index contributed by atoms with van der Waals surface area (Å²) in [6, 6.07) is 8.57. The standard InChI is InChI=1S/C13H18N2O3/c1-3-15(11-7-5-4-6-8-11)12(16)9-14-10(2)13(17)18/h4-8,10,14H,3,9H2,1-2H3,(H,17,18)/t10-/m0/s1. The van der Waals surface area contributed by atoms with Crippen LogP contribution in [0.3, 0.4) is 0 Å². The van der Waals surface area contributed by atoms with Crippen molar-refractivity contribution in [3.63, 3.8) is 0 Å². The molecular formula is C13H18N2O3. The molecule has 1 aromatic rings. The summed E-state index contributed by atoms with van der Waals surface area (Å²) in [7, 11) is 0. The van der Waals surface area contributed by atoms with Gasteiger partial charge in [0.1, 0.15) is 6.04 Å². The molecule has 0 saturated heterocycles. The third-order valence-corrected chi connectivity index (χ3v) is 2.62. The number of nitrogens with zero attached hydrogens (tertiary/aromatic N) is 1. The number of amides is 1. The lowest BCUT2D eigenvalue weighted by Gasteiger charge is -2.21. The first-order valence-corrected chi connectivity index (χ1v) is 5.87. The number of aliphatic carboxylic acids is 1. The fourth-order valence-corrected chi connectivity index (χ4v) is 1.53. The number of benzene rings is 1. The highest BCUT2D eigenvalue weighted by atomic mass is 16.4. The Labute approximate surface area is 106 Å². The number of rotatable bonds is 6. The van der Waals surface area contributed by atoms with Crippen molar-refractivity contribution in [2.24, 2.45) is 0 Å². The minimum absolute atomic E-state index is 0.0101. The summed E-state index contributed by atoms with van der Waals surface area (Å²) in [5.74, 6) is -1.11. The Morgan fingerprint density at radius 2 is 1.94 bits per heavy atom. The molecule has 1 aromatic carbocycles. The van der Waals surface area contributed by atoms with Crippen LogP contribution in [0.2, 0.25) is 0 Å². The fraction of sp³-hybridized carbons (Fsp3) is 0.385. The normalized spacial score (nSPS) is 11.9. The van der Waals surface area contributed by atoms with Gasteiger partial charge in [0, 0.05) is 12.2 Å². The van der Waals surface area contributed by atoms with Crippen molar-refractivity contribution in [2.75, 3.05) is 18.0 Å². The fourth-order valence-electron chi connectivity index (χ4n) is 1.53. The molecule has 5 heteroatoms. The molecule has 0 aliphatic rings. The molecule has 2 N–H and O–H groups in total. The highest BCUT2D eigenvalue weighted by molar-refractivity contribution is 5.95. The lowest BCUT2D eigenvalue weighted by atomic mass is 10.2. The van der Waals surface area contributed by atoms with Crippen LogP contribution in [-0.2, 0) is 9.59 Å². The van der Waals surface area contributed by atoms with Crippen molar-refractivity contribution in [3.05, 3.63) is 30.3 Å². The largest absolute Gasteiger partial charge is 0.480 e. The quantitative estimate of drug-likeness (QED) is 0.793. The van der Waals surface area contributed by atoms with Gasteiger partial charge in [-0.2, -0.15) is 0 Å². The number of anilines is 1. The Morgan fingerprint density at radius 3 is 2.44 bits per heavy atom. The maximum atomic E-state index is 12.0. The van der Waals surface area contributed by atoms with Crippen molar-refractivity contribution in [2.45, 2.75) is 19.9 Å². The molecule has 0 bridgehead atoms. The van der Waals surface area contributed by atoms with Gasteiger partial charge in [-0.15, -0.1) is 0 Å². The summed E-state index contributed by atoms with van der Waals surface area (Å²) in [4.78, 5) is 24.2. The van der Waals surface area contributed by atoms with Gasteiger partial charge < -0.3 is 10.0 Å². The summed E-state index contributed by atoms with van der Waals surface area (Å²) in [6.07, 6.45) is 0. The maximum absolute atomic E-state index is 12.0. The Hall–Kier alpha value is -1.88. The van der Waals surface area contributed by atoms with Crippen molar-refractivity contribution in [1.29, 1.82) is 0 Å². The minimum Gasteiger partial charge on any atom is -0.480 e. The minimum atomic E-state index is -0.967. The lowest BCUT2D eigenvalue weighted by Crippen LogP contribution is -2.43. The van der Waals surface area contributed by atoms with Gasteiger partial charge in [0.15, 0.2) is 0 Å². The summed E-state index contributed by atoms with van der Waals surface area (Å²) >= 11 is 0. The zero-order valence-electron chi connectivity index (χ0n) is 10.6. The van der Waals surface area contributed by atoms with Gasteiger partial charge in [0.25, 0.3) is 0 Å². The van der Waals surface area contributed by atoms with E-state index in [0.29, 0.717) is 6.54 Å². The van der Waals surface area contributed by atoms with E-state index in [-0.39, 0.29) is 12.5 Å². The maximum Gasteiger partial charge on any atom is 0.320 e. The Morgan fingerprint density at radius 1 is 1.33 bits per heavy atom. The summed E-state index contributed by atoms with van der Waals surface area (Å²) in [6.45, 7) is 3.95. The average Bonchev–Trinajstić information content (AvgIpc) is 2.38. The van der Waals surface area contributed by atoms with Gasteiger partial charge in [-0.05, 0) is 26.0 Å². The van der Waals surface area contributed by atoms with Gasteiger partial charge in [0.05, 0.1) is 6.54 Å². The van der Waals surface area contributed by atoms with Gasteiger partial charge >= 0.3 is 5.97 Å². The third-order valence-electron chi connectivity index (χ3n) is 2.62. The smallest absolute Gasteiger partial charge is 0.320 e. The van der Waals surface area contributed by atoms with Crippen LogP contribution in [0.1, 0.15) is 13.8 Å². The first kappa shape index (κ1) is 14.2. The van der Waals surface area contributed by atoms with Crippen LogP contribution in [0.5, 0.6) is 0 Å². The van der Waals surface area contributed by atoms with Crippen molar-refractivity contribution < 1.29 is 14.7 Å². The second kappa shape index (κ2) is 6.76. The Balaban J connectivity index is 2.61. The van der Waals surface area contributed by atoms with Crippen LogP contribution in [0.4, 0.5) is 5.69 Å². The zero-order chi connectivity index (χ0) is 13.5. The molecule has 0 saturated carbocycles. The van der Waals surface area contributed by atoms with E-state index < -0.39 is 12.0 Å². The molecule has 0 spiro atoms. The zero-order valence-corrected chi connectivity index (χ0v) is 10.6. The molecule has 0 aliphatic heterocycles. The monoisotopic (exact) mass is 250 g/mol. The number of carboxylic acids is 1. The number of nitrogens with one attached hydrogen (secondary N) is 1. The number of carbonyl (C=O) groups excluding carboxylic acids is 1. The average molecular weight is 250 g/mol. The van der Waals surface area contributed by atoms with Crippen LogP contribution in [0.25, 0.3) is 0 Å². The molecular weight excluding hydrogens is 232 g/mol. The number of likely N-dealkylation sites (N-methyl/N-ethyl adjacent to an activating group) is 1. The van der Waals surface area contributed by atoms with Crippen LogP contribution in [0.15, 0.2) is 30.3 Å². The molecule has 0 aromatic heterocycles. The molecule has 1 atom stereocenters. The van der Waals surface area contributed by atoms with Crippen molar-refractivity contribution in [1.82, 2.24) is 5.32 Å². The van der Waals surface area contributed by atoms with E-state index in [1.165, 1.54) is 6.92 Å². The molecule has 1 rings (SSSR count). The van der Waals surface area contributed by atoms with Gasteiger partial charge in [-0.25, -0.2) is 0 Å². The van der Waals surface area contributed by atoms with E-state index >= 15 is 0 Å². The molecule has 1 amide bonds. The highest BCUT2D eigenvalue weighted by Crippen LogP contribution is 2.12. The third kappa shape index (κ3) is 3.85. The summed E-state index contributed by atoms with van der Waals surface area (Å²) in [5, 5.41) is 11.4. The van der Waals surface area contributed by atoms with E-state index in [4.69, 9.17) is 5.11 Å². The van der Waals surface area contributed by atoms with E-state index in [1.54, 1.807) is 4.90 Å². The number of hydrogen-bond donors (Lipinski definition) is 2. The second-order valence-electron chi connectivity index (χ2n) is 3.91. The van der Waals surface area contributed by atoms with Crippen molar-refractivity contribution >= 4 is 17.6 Å². The van der Waals surface area contributed by atoms with Gasteiger partial charge in [-0.1, -0.05) is 18.2 Å². The second-order valence-corrected chi connectivity index (χ2v) is 3.91. The van der Waals surface area contributed by atoms with E-state index in [0.717, 1.165) is 5.69 Å². The Bertz CT molecular complexity index is 406. The number of hydrogen-bond acceptors (Lipinski definition) is 3. The topological polar surface area (TPSA) is 69.6 Å². The van der Waals surface area contributed by atoms with E-state index in [2.05, 4.69) is 5.32 Å². The molecule has 0 fully saturated rings. The van der Waals surface area contributed by atoms with Gasteiger partial charge in [0.2, 0.25) is 5.91 Å². The van der Waals surface area contributed by atoms with E-state index in [1.807, 2.05) is 37.3 Å². The van der Waals surface area contributed by atoms with Crippen molar-refractivity contribution in [3.8, 4) is 0 Å². The molecule has 5 nitrogen and oxygen atoms in total. The molecule has 0 heterocycles. The number of carboxylic acid groups (broad SMARTS) is 1. The van der Waals surface area contributed by atoms with E-state index in [9.17, 15) is 9.59 Å². The molecule has 18 heavy (non-hydrogen) atoms. The summed E-state index contributed by atoms with van der Waals surface area (Å²) in [5.41, 5.74) is 0.815. The first-order valence-electron chi connectivity index (χ1n) is 5.87. The number of carbonyl (C=O) groups is 2. The molecule has 0 aliphatic carbocycles. The summed E-state index contributed by atoms with van der Waals surface area (Å²) < 4.78 is 0.